The van der Waals surface area contributed by atoms with Gasteiger partial charge in [-0.05, 0) is 172 Å². The van der Waals surface area contributed by atoms with Gasteiger partial charge < -0.3 is 62.3 Å². The maximum atomic E-state index is 13.4. The first kappa shape index (κ1) is 105. The molecule has 9 aromatic carbocycles. The number of aliphatic carboxylic acids is 1. The fourth-order valence-corrected chi connectivity index (χ4v) is 14.7. The normalized spacial score (nSPS) is 15.0. The number of carboxylic acid groups (broad SMARTS) is 1. The highest BCUT2D eigenvalue weighted by Gasteiger charge is 2.38. The molecule has 2 N–H and O–H groups in total. The van der Waals surface area contributed by atoms with Gasteiger partial charge in [-0.25, -0.2) is 27.6 Å². The standard InChI is InChI=1S/2C30H34FNO5.C21H26FNO3.C9H10O3.7CH4/c2*1-34-26-11-7-10-25(29(26)36-3)27(37-30(33)28(35-2)22-8-5-4-6-9-22)23-16-18-32(19-17-23)20-21-12-14-24(31)15-13-21;1-25-19-5-3-4-18(21(19)26-2)20(24)16-10-12-23(13-11-16)14-15-6-8-17(22)9-7-15;1-12-8(9(10)11)7-5-3-2-4-6-7;;;;;;;/h2*4-15,23,27-28H,16-20H2,1-3H3;3-9,16,20,24H,10-14H2,1-2H3;2-6,8H,1H3,(H,10,11);7*1H4. The van der Waals surface area contributed by atoms with Crippen molar-refractivity contribution in [2.75, 3.05) is 103 Å². The molecule has 12 rings (SSSR count). The number of para-hydroxylation sites is 3. The molecule has 6 unspecified atom stereocenters. The topological polar surface area (TPSA) is 203 Å². The highest BCUT2D eigenvalue weighted by atomic mass is 19.1. The minimum Gasteiger partial charge on any atom is -0.493 e. The van der Waals surface area contributed by atoms with Gasteiger partial charge in [-0.3, -0.25) is 14.7 Å². The van der Waals surface area contributed by atoms with Crippen LogP contribution in [-0.4, -0.2) is 146 Å². The zero-order valence-electron chi connectivity index (χ0n) is 65.2. The predicted octanol–water partition coefficient (Wildman–Crippen LogP) is 21.2. The van der Waals surface area contributed by atoms with E-state index in [1.807, 2.05) is 158 Å². The fourth-order valence-electron chi connectivity index (χ4n) is 14.7. The maximum Gasteiger partial charge on any atom is 0.340 e. The largest absolute Gasteiger partial charge is 0.493 e. The number of methoxy groups -OCH3 is 9. The molecule has 0 aromatic heterocycles. The molecular weight excluding hydrogens is 1520 g/mol. The summed E-state index contributed by atoms with van der Waals surface area (Å²) in [5.41, 5.74) is 7.72. The zero-order valence-corrected chi connectivity index (χ0v) is 65.2. The van der Waals surface area contributed by atoms with Crippen LogP contribution in [0.15, 0.2) is 218 Å². The number of benzene rings is 9. The number of likely N-dealkylation sites (tertiary alicyclic amines) is 3. The summed E-state index contributed by atoms with van der Waals surface area (Å²) in [7, 11) is 14.0. The predicted molar refractivity (Wildman–Crippen MR) is 468 cm³/mol. The summed E-state index contributed by atoms with van der Waals surface area (Å²) in [6, 6.07) is 64.3. The SMILES string of the molecule is C.C.C.C.C.C.C.COC(C(=O)O)c1ccccc1.COc1cccc(C(O)C2CCN(Cc3ccc(F)cc3)CC2)c1OC.COc1cccc(C(OC(=O)C(OC)c2ccccc2)C2CCN(Cc3ccc(F)cc3)CC2)c1OC.COc1cccc(C(OC(=O)C(OC)c2ccccc2)C2CCN(Cc3ccc(F)cc3)CC2)c1OC. The van der Waals surface area contributed by atoms with Gasteiger partial charge in [-0.2, -0.15) is 0 Å². The van der Waals surface area contributed by atoms with Gasteiger partial charge in [0, 0.05) is 69.5 Å². The van der Waals surface area contributed by atoms with Crippen molar-refractivity contribution in [3.8, 4) is 34.5 Å². The third kappa shape index (κ3) is 29.6. The van der Waals surface area contributed by atoms with Crippen LogP contribution in [0.5, 0.6) is 34.5 Å². The van der Waals surface area contributed by atoms with Gasteiger partial charge in [0.1, 0.15) is 29.7 Å². The number of aliphatic hydroxyl groups is 1. The molecule has 652 valence electrons. The highest BCUT2D eigenvalue weighted by molar-refractivity contribution is 5.78. The molecule has 3 aliphatic heterocycles. The van der Waals surface area contributed by atoms with Crippen LogP contribution in [0.1, 0.15) is 177 Å². The van der Waals surface area contributed by atoms with Gasteiger partial charge in [0.15, 0.2) is 52.8 Å². The van der Waals surface area contributed by atoms with E-state index in [0.29, 0.717) is 40.1 Å². The van der Waals surface area contributed by atoms with Gasteiger partial charge in [0.2, 0.25) is 0 Å². The number of ether oxygens (including phenoxy) is 11. The summed E-state index contributed by atoms with van der Waals surface area (Å²) in [5, 5.41) is 19.6. The number of nitrogens with zero attached hydrogens (tertiary/aromatic N) is 3. The Morgan fingerprint density at radius 1 is 0.336 bits per heavy atom. The van der Waals surface area contributed by atoms with Crippen molar-refractivity contribution in [3.63, 3.8) is 0 Å². The van der Waals surface area contributed by atoms with E-state index in [2.05, 4.69) is 14.7 Å². The Balaban J connectivity index is 0.000000556. The van der Waals surface area contributed by atoms with Crippen molar-refractivity contribution >= 4 is 17.9 Å². The van der Waals surface area contributed by atoms with Crippen LogP contribution < -0.4 is 28.4 Å². The molecule has 9 aromatic rings. The molecule has 0 radical (unpaired) electrons. The summed E-state index contributed by atoms with van der Waals surface area (Å²) < 4.78 is 101. The number of halogens is 3. The molecule has 3 saturated heterocycles. The van der Waals surface area contributed by atoms with E-state index in [-0.39, 0.29) is 87.2 Å². The number of rotatable bonds is 29. The second-order valence-corrected chi connectivity index (χ2v) is 27.5. The molecule has 0 aliphatic carbocycles. The number of esters is 2. The number of carbonyl (C=O) groups excluding carboxylic acids is 2. The molecule has 3 aliphatic rings. The maximum absolute atomic E-state index is 13.4. The third-order valence-electron chi connectivity index (χ3n) is 20.5. The van der Waals surface area contributed by atoms with Gasteiger partial charge in [0.25, 0.3) is 0 Å². The molecule has 0 amide bonds. The molecular formula is C97H132F3N3O16. The lowest BCUT2D eigenvalue weighted by Crippen LogP contribution is -2.36. The average Bonchev–Trinajstić information content (AvgIpc) is 0.779. The minimum absolute atomic E-state index is 0. The van der Waals surface area contributed by atoms with E-state index in [0.717, 1.165) is 142 Å². The van der Waals surface area contributed by atoms with Gasteiger partial charge in [-0.1, -0.05) is 216 Å². The molecule has 3 fully saturated rings. The van der Waals surface area contributed by atoms with Crippen molar-refractivity contribution in [1.29, 1.82) is 0 Å². The number of hydrogen-bond acceptors (Lipinski definition) is 18. The lowest BCUT2D eigenvalue weighted by molar-refractivity contribution is -0.166. The van der Waals surface area contributed by atoms with Crippen LogP contribution >= 0.6 is 0 Å². The Kier molecular flexibility index (Phi) is 47.5. The summed E-state index contributed by atoms with van der Waals surface area (Å²) in [6.07, 6.45) is 0.928. The van der Waals surface area contributed by atoms with Crippen LogP contribution in [0.4, 0.5) is 13.2 Å². The second-order valence-electron chi connectivity index (χ2n) is 27.5. The van der Waals surface area contributed by atoms with E-state index in [1.54, 1.807) is 66.9 Å². The van der Waals surface area contributed by atoms with Crippen molar-refractivity contribution in [2.45, 2.75) is 147 Å². The Hall–Kier alpha value is -10.3. The molecule has 0 spiro atoms. The highest BCUT2D eigenvalue weighted by Crippen LogP contribution is 2.46. The summed E-state index contributed by atoms with van der Waals surface area (Å²) >= 11 is 0. The molecule has 0 saturated carbocycles. The summed E-state index contributed by atoms with van der Waals surface area (Å²) in [6.45, 7) is 7.44. The van der Waals surface area contributed by atoms with Crippen LogP contribution in [0.3, 0.4) is 0 Å². The smallest absolute Gasteiger partial charge is 0.340 e. The molecule has 0 bridgehead atoms. The first-order chi connectivity index (χ1) is 54.4. The monoisotopic (exact) mass is 1650 g/mol. The Morgan fingerprint density at radius 2 is 0.597 bits per heavy atom. The number of carbonyl (C=O) groups is 3. The Labute approximate surface area is 707 Å². The number of aliphatic hydroxyl groups excluding tert-OH is 1. The Bertz CT molecular complexity index is 4120. The van der Waals surface area contributed by atoms with Gasteiger partial charge in [-0.15, -0.1) is 0 Å². The molecule has 6 atom stereocenters. The third-order valence-corrected chi connectivity index (χ3v) is 20.5. The van der Waals surface area contributed by atoms with Gasteiger partial charge in [0.05, 0.1) is 48.8 Å². The van der Waals surface area contributed by atoms with Crippen molar-refractivity contribution in [2.24, 2.45) is 17.8 Å². The fraction of sp³-hybridized carbons (Fsp3) is 0.412. The first-order valence-electron chi connectivity index (χ1n) is 37.5. The zero-order chi connectivity index (χ0) is 79.9. The Morgan fingerprint density at radius 3 is 0.857 bits per heavy atom. The van der Waals surface area contributed by atoms with E-state index < -0.39 is 54.5 Å². The lowest BCUT2D eigenvalue weighted by atomic mass is 9.86. The number of piperidine rings is 3. The summed E-state index contributed by atoms with van der Waals surface area (Å²) in [5.74, 6) is 1.33. The molecule has 22 heteroatoms. The van der Waals surface area contributed by atoms with Crippen molar-refractivity contribution < 1.29 is 89.9 Å². The van der Waals surface area contributed by atoms with E-state index in [4.69, 9.17) is 57.2 Å². The van der Waals surface area contributed by atoms with E-state index in [9.17, 15) is 32.7 Å². The van der Waals surface area contributed by atoms with Crippen molar-refractivity contribution in [1.82, 2.24) is 14.7 Å². The quantitative estimate of drug-likeness (QED) is 0.0419. The van der Waals surface area contributed by atoms with Crippen LogP contribution in [0.25, 0.3) is 0 Å². The molecule has 3 heterocycles. The van der Waals surface area contributed by atoms with E-state index in [1.165, 1.54) is 57.7 Å². The van der Waals surface area contributed by atoms with Crippen LogP contribution in [-0.2, 0) is 57.7 Å². The van der Waals surface area contributed by atoms with E-state index >= 15 is 0 Å². The lowest BCUT2D eigenvalue weighted by Gasteiger charge is -2.36. The second kappa shape index (κ2) is 54.0. The van der Waals surface area contributed by atoms with Gasteiger partial charge >= 0.3 is 17.9 Å². The molecule has 119 heavy (non-hydrogen) atoms. The first-order valence-corrected chi connectivity index (χ1v) is 37.5. The van der Waals surface area contributed by atoms with Crippen molar-refractivity contribution in [3.05, 3.63) is 286 Å². The molecule has 19 nitrogen and oxygen atoms in total. The van der Waals surface area contributed by atoms with Crippen LogP contribution in [0, 0.1) is 35.2 Å². The number of hydrogen-bond donors (Lipinski definition) is 2. The average molecular weight is 1650 g/mol. The summed E-state index contributed by atoms with van der Waals surface area (Å²) in [4.78, 5) is 44.5. The van der Waals surface area contributed by atoms with Crippen LogP contribution in [0.2, 0.25) is 0 Å². The number of carboxylic acids is 1. The minimum atomic E-state index is -0.969.